The predicted molar refractivity (Wildman–Crippen MR) is 86.6 cm³/mol. The normalized spacial score (nSPS) is 22.0. The summed E-state index contributed by atoms with van der Waals surface area (Å²) in [5, 5.41) is 0.312. The fraction of sp³-hybridized carbons (Fsp3) is 0.500. The zero-order valence-corrected chi connectivity index (χ0v) is 14.3. The van der Waals surface area contributed by atoms with Gasteiger partial charge < -0.3 is 4.90 Å². The monoisotopic (exact) mass is 347 g/mol. The second kappa shape index (κ2) is 6.58. The van der Waals surface area contributed by atoms with E-state index in [9.17, 15) is 13.2 Å². The van der Waals surface area contributed by atoms with Crippen LogP contribution in [0.3, 0.4) is 0 Å². The van der Waals surface area contributed by atoms with E-state index < -0.39 is 9.84 Å². The third kappa shape index (κ3) is 4.14. The van der Waals surface area contributed by atoms with E-state index in [2.05, 4.69) is 0 Å². The molecule has 1 aliphatic heterocycles. The van der Waals surface area contributed by atoms with Gasteiger partial charge in [0, 0.05) is 18.0 Å². The summed E-state index contributed by atoms with van der Waals surface area (Å²) in [5.41, 5.74) is 0. The van der Waals surface area contributed by atoms with Gasteiger partial charge in [0.1, 0.15) is 0 Å². The smallest absolute Gasteiger partial charge is 0.235 e. The summed E-state index contributed by atoms with van der Waals surface area (Å²) in [6, 6.07) is 7.16. The first-order valence-corrected chi connectivity index (χ1v) is 9.76. The Bertz CT molecular complexity index is 633. The van der Waals surface area contributed by atoms with Crippen molar-refractivity contribution in [2.45, 2.75) is 29.5 Å². The highest BCUT2D eigenvalue weighted by Gasteiger charge is 2.34. The van der Waals surface area contributed by atoms with Crippen LogP contribution in [-0.2, 0) is 14.6 Å². The van der Waals surface area contributed by atoms with Gasteiger partial charge in [0.15, 0.2) is 9.84 Å². The van der Waals surface area contributed by atoms with Gasteiger partial charge in [0.2, 0.25) is 5.91 Å². The van der Waals surface area contributed by atoms with Crippen LogP contribution in [-0.4, -0.2) is 49.1 Å². The van der Waals surface area contributed by atoms with Gasteiger partial charge >= 0.3 is 0 Å². The number of carbonyl (C=O) groups is 1. The maximum atomic E-state index is 12.4. The number of hydrogen-bond donors (Lipinski definition) is 0. The Morgan fingerprint density at radius 2 is 2.10 bits per heavy atom. The van der Waals surface area contributed by atoms with Crippen molar-refractivity contribution in [3.05, 3.63) is 29.3 Å². The van der Waals surface area contributed by atoms with E-state index >= 15 is 0 Å². The van der Waals surface area contributed by atoms with Crippen molar-refractivity contribution >= 4 is 39.1 Å². The third-order valence-electron chi connectivity index (χ3n) is 3.59. The lowest BCUT2D eigenvalue weighted by Crippen LogP contribution is -2.41. The van der Waals surface area contributed by atoms with Crippen LogP contribution in [0.5, 0.6) is 0 Å². The Kier molecular flexibility index (Phi) is 5.22. The molecule has 21 heavy (non-hydrogen) atoms. The zero-order valence-electron chi connectivity index (χ0n) is 12.0. The van der Waals surface area contributed by atoms with Crippen molar-refractivity contribution in [3.8, 4) is 0 Å². The summed E-state index contributed by atoms with van der Waals surface area (Å²) >= 11 is 7.48. The average molecular weight is 348 g/mol. The quantitative estimate of drug-likeness (QED) is 0.785. The highest BCUT2D eigenvalue weighted by molar-refractivity contribution is 8.00. The Morgan fingerprint density at radius 1 is 1.43 bits per heavy atom. The maximum absolute atomic E-state index is 12.4. The molecule has 4 nitrogen and oxygen atoms in total. The van der Waals surface area contributed by atoms with E-state index in [1.54, 1.807) is 18.0 Å². The van der Waals surface area contributed by atoms with Gasteiger partial charge in [-0.05, 0) is 25.5 Å². The molecule has 116 valence electrons. The minimum absolute atomic E-state index is 0.0676. The number of nitrogens with zero attached hydrogens (tertiary/aromatic N) is 1. The lowest BCUT2D eigenvalue weighted by Gasteiger charge is -2.26. The molecule has 2 atom stereocenters. The first-order valence-electron chi connectivity index (χ1n) is 6.68. The molecule has 2 rings (SSSR count). The van der Waals surface area contributed by atoms with Gasteiger partial charge in [-0.25, -0.2) is 8.42 Å². The number of thioether (sulfide) groups is 1. The number of rotatable bonds is 4. The first kappa shape index (κ1) is 16.6. The molecule has 0 aliphatic carbocycles. The zero-order chi connectivity index (χ0) is 15.6. The van der Waals surface area contributed by atoms with Crippen molar-refractivity contribution < 1.29 is 13.2 Å². The van der Waals surface area contributed by atoms with Crippen LogP contribution in [0.25, 0.3) is 0 Å². The van der Waals surface area contributed by atoms with Crippen molar-refractivity contribution in [2.24, 2.45) is 0 Å². The molecule has 7 heteroatoms. The predicted octanol–water partition coefficient (Wildman–Crippen LogP) is 2.47. The van der Waals surface area contributed by atoms with Crippen LogP contribution in [0.4, 0.5) is 0 Å². The van der Waals surface area contributed by atoms with E-state index in [4.69, 9.17) is 11.6 Å². The molecule has 1 saturated heterocycles. The number of sulfone groups is 1. The SMILES string of the molecule is CC(Sc1ccccc1Cl)C(=O)N(C)C1CCS(=O)(=O)C1. The van der Waals surface area contributed by atoms with Gasteiger partial charge in [-0.3, -0.25) is 4.79 Å². The van der Waals surface area contributed by atoms with Crippen molar-refractivity contribution in [1.29, 1.82) is 0 Å². The molecule has 1 aromatic rings. The second-order valence-electron chi connectivity index (χ2n) is 5.20. The van der Waals surface area contributed by atoms with Crippen LogP contribution in [0.2, 0.25) is 5.02 Å². The summed E-state index contributed by atoms with van der Waals surface area (Å²) in [4.78, 5) is 14.8. The van der Waals surface area contributed by atoms with Crippen molar-refractivity contribution in [1.82, 2.24) is 4.90 Å². The molecule has 2 unspecified atom stereocenters. The highest BCUT2D eigenvalue weighted by Crippen LogP contribution is 2.31. The molecule has 0 spiro atoms. The molecule has 0 saturated carbocycles. The number of halogens is 1. The van der Waals surface area contributed by atoms with Gasteiger partial charge in [0.05, 0.1) is 21.8 Å². The summed E-state index contributed by atoms with van der Waals surface area (Å²) < 4.78 is 23.0. The van der Waals surface area contributed by atoms with Gasteiger partial charge in [-0.15, -0.1) is 11.8 Å². The van der Waals surface area contributed by atoms with Crippen LogP contribution in [0.15, 0.2) is 29.2 Å². The van der Waals surface area contributed by atoms with Gasteiger partial charge in [-0.1, -0.05) is 23.7 Å². The largest absolute Gasteiger partial charge is 0.341 e. The Balaban J connectivity index is 2.01. The van der Waals surface area contributed by atoms with E-state index in [-0.39, 0.29) is 28.7 Å². The summed E-state index contributed by atoms with van der Waals surface area (Å²) in [6.45, 7) is 1.82. The minimum atomic E-state index is -2.99. The topological polar surface area (TPSA) is 54.5 Å². The molecule has 1 aromatic carbocycles. The van der Waals surface area contributed by atoms with Crippen LogP contribution >= 0.6 is 23.4 Å². The Morgan fingerprint density at radius 3 is 2.67 bits per heavy atom. The fourth-order valence-electron chi connectivity index (χ4n) is 2.33. The van der Waals surface area contributed by atoms with Crippen LogP contribution in [0.1, 0.15) is 13.3 Å². The molecule has 1 aliphatic rings. The number of amides is 1. The number of carbonyl (C=O) groups excluding carboxylic acids is 1. The Labute approximate surface area is 134 Å². The Hall–Kier alpha value is -0.720. The van der Waals surface area contributed by atoms with Crippen molar-refractivity contribution in [2.75, 3.05) is 18.6 Å². The van der Waals surface area contributed by atoms with Crippen molar-refractivity contribution in [3.63, 3.8) is 0 Å². The number of hydrogen-bond acceptors (Lipinski definition) is 4. The molecule has 0 aromatic heterocycles. The van der Waals surface area contributed by atoms with E-state index in [0.29, 0.717) is 11.4 Å². The van der Waals surface area contributed by atoms with E-state index in [1.807, 2.05) is 25.1 Å². The lowest BCUT2D eigenvalue weighted by atomic mass is 10.2. The summed E-state index contributed by atoms with van der Waals surface area (Å²) in [7, 11) is -1.31. The molecule has 1 fully saturated rings. The van der Waals surface area contributed by atoms with Gasteiger partial charge in [-0.2, -0.15) is 0 Å². The summed E-state index contributed by atoms with van der Waals surface area (Å²) in [5.74, 6) is 0.169. The molecular weight excluding hydrogens is 330 g/mol. The second-order valence-corrected chi connectivity index (χ2v) is 9.22. The number of benzene rings is 1. The average Bonchev–Trinajstić information content (AvgIpc) is 2.80. The molecule has 1 amide bonds. The minimum Gasteiger partial charge on any atom is -0.341 e. The molecule has 1 heterocycles. The van der Waals surface area contributed by atoms with E-state index in [1.165, 1.54) is 11.8 Å². The fourth-order valence-corrected chi connectivity index (χ4v) is 5.36. The van der Waals surface area contributed by atoms with E-state index in [0.717, 1.165) is 4.90 Å². The maximum Gasteiger partial charge on any atom is 0.235 e. The summed E-state index contributed by atoms with van der Waals surface area (Å²) in [6.07, 6.45) is 0.522. The molecule has 0 radical (unpaired) electrons. The lowest BCUT2D eigenvalue weighted by molar-refractivity contribution is -0.130. The highest BCUT2D eigenvalue weighted by atomic mass is 35.5. The van der Waals surface area contributed by atoms with Crippen LogP contribution in [0, 0.1) is 0 Å². The molecule has 0 bridgehead atoms. The molecular formula is C14H18ClNO3S2. The first-order chi connectivity index (χ1) is 9.80. The van der Waals surface area contributed by atoms with Crippen LogP contribution < -0.4 is 0 Å². The standard InChI is InChI=1S/C14H18ClNO3S2/c1-10(20-13-6-4-3-5-12(13)15)14(17)16(2)11-7-8-21(18,19)9-11/h3-6,10-11H,7-9H2,1-2H3. The third-order valence-corrected chi connectivity index (χ3v) is 6.95. The van der Waals surface area contributed by atoms with Gasteiger partial charge in [0.25, 0.3) is 0 Å². The molecule has 0 N–H and O–H groups in total.